The number of thioether (sulfide) groups is 1. The maximum atomic E-state index is 13.1. The Balaban J connectivity index is 1.53. The van der Waals surface area contributed by atoms with Crippen LogP contribution >= 0.6 is 11.8 Å². The molecule has 0 saturated carbocycles. The predicted molar refractivity (Wildman–Crippen MR) is 148 cm³/mol. The first-order chi connectivity index (χ1) is 19.1. The van der Waals surface area contributed by atoms with E-state index in [0.29, 0.717) is 31.0 Å². The minimum absolute atomic E-state index is 0.00300. The standard InChI is InChI=1S/C28H37N3O8S/c1-6-9-37-26(34)23-24(16(4)22-21(17(5)32)25(33)31(22)23)40-19-12-20(30(15-19)28(36)39-11-8-3)18-13-29(14-18)27(35)38-10-7-2/h6-8,16-22,32H,1-3,9-15H2,4-5H3/t16-,17-,19+,20+,21-,22-/m1/s1. The van der Waals surface area contributed by atoms with Gasteiger partial charge >= 0.3 is 18.2 Å². The number of carbonyl (C=O) groups excluding carboxylic acids is 4. The average molecular weight is 576 g/mol. The molecule has 0 radical (unpaired) electrons. The number of esters is 1. The van der Waals surface area contributed by atoms with Gasteiger partial charge in [-0.2, -0.15) is 0 Å². The van der Waals surface area contributed by atoms with Crippen LogP contribution in [0.4, 0.5) is 9.59 Å². The molecule has 0 bridgehead atoms. The molecule has 4 heterocycles. The van der Waals surface area contributed by atoms with Crippen LogP contribution in [0.25, 0.3) is 0 Å². The Morgan fingerprint density at radius 1 is 1.02 bits per heavy atom. The molecule has 4 aliphatic rings. The minimum atomic E-state index is -0.850. The summed E-state index contributed by atoms with van der Waals surface area (Å²) in [5, 5.41) is 10.1. The van der Waals surface area contributed by atoms with E-state index in [9.17, 15) is 24.3 Å². The van der Waals surface area contributed by atoms with Crippen LogP contribution in [-0.4, -0.2) is 107 Å². The summed E-state index contributed by atoms with van der Waals surface area (Å²) in [5.41, 5.74) is 0.204. The van der Waals surface area contributed by atoms with E-state index >= 15 is 0 Å². The third kappa shape index (κ3) is 5.51. The summed E-state index contributed by atoms with van der Waals surface area (Å²) >= 11 is 1.47. The number of carbonyl (C=O) groups is 4. The topological polar surface area (TPSA) is 126 Å². The van der Waals surface area contributed by atoms with Gasteiger partial charge in [0.2, 0.25) is 5.91 Å². The van der Waals surface area contributed by atoms with Crippen molar-refractivity contribution in [3.63, 3.8) is 0 Å². The third-order valence-electron chi connectivity index (χ3n) is 7.83. The molecule has 3 amide bonds. The van der Waals surface area contributed by atoms with Gasteiger partial charge in [-0.15, -0.1) is 11.8 Å². The second kappa shape index (κ2) is 12.5. The first kappa shape index (κ1) is 29.7. The van der Waals surface area contributed by atoms with Crippen molar-refractivity contribution in [1.29, 1.82) is 0 Å². The second-order valence-electron chi connectivity index (χ2n) is 10.4. The van der Waals surface area contributed by atoms with E-state index in [1.807, 2.05) is 6.92 Å². The lowest BCUT2D eigenvalue weighted by Gasteiger charge is -2.46. The Morgan fingerprint density at radius 3 is 2.23 bits per heavy atom. The van der Waals surface area contributed by atoms with E-state index in [1.54, 1.807) is 16.7 Å². The molecular weight excluding hydrogens is 538 g/mol. The average Bonchev–Trinajstić information content (AvgIpc) is 3.40. The van der Waals surface area contributed by atoms with E-state index in [-0.39, 0.29) is 60.6 Å². The predicted octanol–water partition coefficient (Wildman–Crippen LogP) is 2.54. The number of rotatable bonds is 11. The highest BCUT2D eigenvalue weighted by atomic mass is 32.2. The van der Waals surface area contributed by atoms with Crippen molar-refractivity contribution in [1.82, 2.24) is 14.7 Å². The molecule has 0 spiro atoms. The number of aliphatic hydroxyl groups excluding tert-OH is 1. The highest BCUT2D eigenvalue weighted by molar-refractivity contribution is 8.03. The number of β-lactam (4-membered cyclic amide) rings is 1. The summed E-state index contributed by atoms with van der Waals surface area (Å²) in [6.07, 6.45) is 3.34. The van der Waals surface area contributed by atoms with Crippen LogP contribution in [0.5, 0.6) is 0 Å². The van der Waals surface area contributed by atoms with Crippen LogP contribution < -0.4 is 0 Å². The van der Waals surface area contributed by atoms with Gasteiger partial charge in [0.15, 0.2) is 0 Å². The first-order valence-electron chi connectivity index (χ1n) is 13.4. The molecule has 218 valence electrons. The Labute approximate surface area is 238 Å². The fraction of sp³-hybridized carbons (Fsp3) is 0.571. The number of ether oxygens (including phenoxy) is 3. The molecule has 3 saturated heterocycles. The summed E-state index contributed by atoms with van der Waals surface area (Å²) in [6, 6.07) is -0.524. The summed E-state index contributed by atoms with van der Waals surface area (Å²) in [5.74, 6) is -1.68. The molecular formula is C28H37N3O8S. The molecule has 0 aromatic carbocycles. The molecule has 3 fully saturated rings. The maximum Gasteiger partial charge on any atom is 0.410 e. The molecule has 40 heavy (non-hydrogen) atoms. The van der Waals surface area contributed by atoms with Crippen molar-refractivity contribution in [2.75, 3.05) is 39.5 Å². The third-order valence-corrected chi connectivity index (χ3v) is 9.32. The summed E-state index contributed by atoms with van der Waals surface area (Å²) in [7, 11) is 0. The Kier molecular flexibility index (Phi) is 9.29. The molecule has 0 aromatic heterocycles. The van der Waals surface area contributed by atoms with Crippen molar-refractivity contribution in [2.45, 2.75) is 43.7 Å². The van der Waals surface area contributed by atoms with Crippen molar-refractivity contribution < 1.29 is 38.5 Å². The number of aliphatic hydroxyl groups is 1. The highest BCUT2D eigenvalue weighted by Crippen LogP contribution is 2.53. The minimum Gasteiger partial charge on any atom is -0.457 e. The van der Waals surface area contributed by atoms with Crippen molar-refractivity contribution >= 4 is 35.8 Å². The lowest BCUT2D eigenvalue weighted by molar-refractivity contribution is -0.164. The number of hydrogen-bond donors (Lipinski definition) is 1. The van der Waals surface area contributed by atoms with Gasteiger partial charge in [-0.25, -0.2) is 14.4 Å². The molecule has 11 nitrogen and oxygen atoms in total. The van der Waals surface area contributed by atoms with Gasteiger partial charge in [-0.1, -0.05) is 44.9 Å². The van der Waals surface area contributed by atoms with Crippen LogP contribution in [0.2, 0.25) is 0 Å². The monoisotopic (exact) mass is 575 g/mol. The van der Waals surface area contributed by atoms with Gasteiger partial charge in [-0.05, 0) is 13.3 Å². The first-order valence-corrected chi connectivity index (χ1v) is 14.3. The Bertz CT molecular complexity index is 1100. The quantitative estimate of drug-likeness (QED) is 0.171. The summed E-state index contributed by atoms with van der Waals surface area (Å²) in [4.78, 5) is 56.7. The Hall–Kier alpha value is -3.25. The molecule has 0 aliphatic carbocycles. The van der Waals surface area contributed by atoms with Crippen LogP contribution in [0.15, 0.2) is 48.6 Å². The normalized spacial score (nSPS) is 28.3. The zero-order valence-electron chi connectivity index (χ0n) is 22.9. The van der Waals surface area contributed by atoms with Crippen LogP contribution in [-0.2, 0) is 23.8 Å². The van der Waals surface area contributed by atoms with Crippen molar-refractivity contribution in [3.05, 3.63) is 48.6 Å². The van der Waals surface area contributed by atoms with E-state index in [1.165, 1.54) is 34.9 Å². The SMILES string of the molecule is C=CCOC(=O)C1=C(S[C@H]2C[C@@H](C3CN(C(=O)OCC=C)C3)N(C(=O)OCC=C)C2)[C@H](C)[C@@H]2[C@@H]([C@@H](C)O)C(=O)N12. The zero-order valence-corrected chi connectivity index (χ0v) is 23.7. The van der Waals surface area contributed by atoms with Gasteiger partial charge in [0.05, 0.1) is 18.1 Å². The van der Waals surface area contributed by atoms with Gasteiger partial charge in [0, 0.05) is 47.7 Å². The fourth-order valence-electron chi connectivity index (χ4n) is 5.96. The number of hydrogen-bond acceptors (Lipinski definition) is 9. The zero-order chi connectivity index (χ0) is 29.1. The van der Waals surface area contributed by atoms with Crippen LogP contribution in [0.1, 0.15) is 20.3 Å². The number of likely N-dealkylation sites (tertiary alicyclic amines) is 2. The van der Waals surface area contributed by atoms with Crippen molar-refractivity contribution in [2.24, 2.45) is 17.8 Å². The lowest BCUT2D eigenvalue weighted by Crippen LogP contribution is -2.63. The highest BCUT2D eigenvalue weighted by Gasteiger charge is 2.60. The van der Waals surface area contributed by atoms with E-state index in [4.69, 9.17) is 14.2 Å². The molecule has 0 aromatic rings. The molecule has 4 aliphatic heterocycles. The molecule has 12 heteroatoms. The van der Waals surface area contributed by atoms with Gasteiger partial charge in [-0.3, -0.25) is 4.79 Å². The smallest absolute Gasteiger partial charge is 0.410 e. The number of amides is 3. The molecule has 0 unspecified atom stereocenters. The van der Waals surface area contributed by atoms with Gasteiger partial charge in [0.25, 0.3) is 0 Å². The number of nitrogens with zero attached hydrogens (tertiary/aromatic N) is 3. The molecule has 4 rings (SSSR count). The molecule has 6 atom stereocenters. The van der Waals surface area contributed by atoms with E-state index in [0.717, 1.165) is 0 Å². The molecule has 1 N–H and O–H groups in total. The summed E-state index contributed by atoms with van der Waals surface area (Å²) < 4.78 is 15.8. The lowest BCUT2D eigenvalue weighted by atomic mass is 9.79. The number of fused-ring (bicyclic) bond motifs is 1. The van der Waals surface area contributed by atoms with Crippen LogP contribution in [0, 0.1) is 17.8 Å². The van der Waals surface area contributed by atoms with Crippen LogP contribution in [0.3, 0.4) is 0 Å². The van der Waals surface area contributed by atoms with Gasteiger partial charge in [0.1, 0.15) is 25.5 Å². The summed E-state index contributed by atoms with van der Waals surface area (Å²) in [6.45, 7) is 15.7. The van der Waals surface area contributed by atoms with E-state index in [2.05, 4.69) is 19.7 Å². The van der Waals surface area contributed by atoms with Crippen molar-refractivity contribution in [3.8, 4) is 0 Å². The Morgan fingerprint density at radius 2 is 1.62 bits per heavy atom. The second-order valence-corrected chi connectivity index (χ2v) is 11.8. The fourth-order valence-corrected chi connectivity index (χ4v) is 7.49. The van der Waals surface area contributed by atoms with Gasteiger partial charge < -0.3 is 34.0 Å². The maximum absolute atomic E-state index is 13.1. The largest absolute Gasteiger partial charge is 0.457 e. The van der Waals surface area contributed by atoms with E-state index < -0.39 is 30.2 Å².